The van der Waals surface area contributed by atoms with Crippen LogP contribution in [0, 0.1) is 10.1 Å². The van der Waals surface area contributed by atoms with E-state index in [0.29, 0.717) is 5.52 Å². The first-order valence-corrected chi connectivity index (χ1v) is 8.48. The molecule has 122 valence electrons. The van der Waals surface area contributed by atoms with E-state index >= 15 is 0 Å². The maximum Gasteiger partial charge on any atom is 0.271 e. The fourth-order valence-corrected chi connectivity index (χ4v) is 3.23. The number of hydrogen-bond acceptors (Lipinski definition) is 4. The van der Waals surface area contributed by atoms with Gasteiger partial charge in [0.15, 0.2) is 0 Å². The van der Waals surface area contributed by atoms with Gasteiger partial charge in [-0.3, -0.25) is 10.1 Å². The molecule has 2 aromatic carbocycles. The smallest absolute Gasteiger partial charge is 0.258 e. The first-order valence-electron chi connectivity index (χ1n) is 7.66. The normalized spacial score (nSPS) is 12.1. The van der Waals surface area contributed by atoms with E-state index in [4.69, 9.17) is 0 Å². The molecule has 4 nitrogen and oxygen atoms in total. The van der Waals surface area contributed by atoms with Gasteiger partial charge in [0.1, 0.15) is 5.01 Å². The van der Waals surface area contributed by atoms with Crippen LogP contribution in [0.3, 0.4) is 0 Å². The zero-order valence-corrected chi connectivity index (χ0v) is 14.6. The summed E-state index contributed by atoms with van der Waals surface area (Å²) in [5, 5.41) is 11.7. The number of fused-ring (bicyclic) bond motifs is 1. The number of nitro groups is 1. The van der Waals surface area contributed by atoms with Crippen LogP contribution in [-0.2, 0) is 5.41 Å². The summed E-state index contributed by atoms with van der Waals surface area (Å²) < 4.78 is 0.948. The molecule has 0 spiro atoms. The van der Waals surface area contributed by atoms with Gasteiger partial charge >= 0.3 is 0 Å². The van der Waals surface area contributed by atoms with E-state index in [1.807, 2.05) is 12.2 Å². The average molecular weight is 338 g/mol. The first-order chi connectivity index (χ1) is 11.3. The van der Waals surface area contributed by atoms with Crippen LogP contribution in [0.4, 0.5) is 5.69 Å². The molecule has 0 fully saturated rings. The second-order valence-corrected chi connectivity index (χ2v) is 7.73. The molecule has 1 heterocycles. The standard InChI is InChI=1S/C19H18N2O2S/c1-19(2,3)14-7-4-13(5-8-14)6-11-18-20-16-12-15(21(22)23)9-10-17(16)24-18/h4-12H,1-3H3. The Morgan fingerprint density at radius 1 is 1.08 bits per heavy atom. The zero-order valence-electron chi connectivity index (χ0n) is 13.8. The van der Waals surface area contributed by atoms with Gasteiger partial charge in [-0.25, -0.2) is 4.98 Å². The molecule has 3 aromatic rings. The van der Waals surface area contributed by atoms with Crippen molar-refractivity contribution >= 4 is 39.4 Å². The van der Waals surface area contributed by atoms with Crippen LogP contribution in [0.25, 0.3) is 22.4 Å². The second kappa shape index (κ2) is 6.17. The summed E-state index contributed by atoms with van der Waals surface area (Å²) in [5.74, 6) is 0. The fourth-order valence-electron chi connectivity index (χ4n) is 2.38. The molecule has 24 heavy (non-hydrogen) atoms. The van der Waals surface area contributed by atoms with E-state index in [0.717, 1.165) is 15.3 Å². The average Bonchev–Trinajstić information content (AvgIpc) is 2.94. The molecule has 0 amide bonds. The highest BCUT2D eigenvalue weighted by Gasteiger charge is 2.12. The van der Waals surface area contributed by atoms with E-state index in [2.05, 4.69) is 50.0 Å². The van der Waals surface area contributed by atoms with Gasteiger partial charge in [0.25, 0.3) is 5.69 Å². The molecule has 0 unspecified atom stereocenters. The van der Waals surface area contributed by atoms with Gasteiger partial charge in [-0.1, -0.05) is 51.1 Å². The Bertz CT molecular complexity index is 919. The SMILES string of the molecule is CC(C)(C)c1ccc(C=Cc2nc3cc([N+](=O)[O-])ccc3s2)cc1. The minimum atomic E-state index is -0.398. The summed E-state index contributed by atoms with van der Waals surface area (Å²) in [4.78, 5) is 14.9. The monoisotopic (exact) mass is 338 g/mol. The number of nitrogens with zero attached hydrogens (tertiary/aromatic N) is 2. The van der Waals surface area contributed by atoms with Crippen LogP contribution < -0.4 is 0 Å². The summed E-state index contributed by atoms with van der Waals surface area (Å²) in [5.41, 5.74) is 3.28. The molecule has 5 heteroatoms. The van der Waals surface area contributed by atoms with Crippen molar-refractivity contribution in [2.24, 2.45) is 0 Å². The molecule has 0 aliphatic carbocycles. The van der Waals surface area contributed by atoms with Crippen LogP contribution >= 0.6 is 11.3 Å². The highest BCUT2D eigenvalue weighted by atomic mass is 32.1. The van der Waals surface area contributed by atoms with Crippen molar-refractivity contribution in [1.82, 2.24) is 4.98 Å². The number of aromatic nitrogens is 1. The van der Waals surface area contributed by atoms with E-state index in [1.54, 1.807) is 6.07 Å². The summed E-state index contributed by atoms with van der Waals surface area (Å²) >= 11 is 1.52. The third-order valence-corrected chi connectivity index (χ3v) is 4.80. The van der Waals surface area contributed by atoms with Crippen LogP contribution in [-0.4, -0.2) is 9.91 Å². The van der Waals surface area contributed by atoms with Gasteiger partial charge in [0.2, 0.25) is 0 Å². The van der Waals surface area contributed by atoms with Crippen molar-refractivity contribution < 1.29 is 4.92 Å². The minimum Gasteiger partial charge on any atom is -0.258 e. The Balaban J connectivity index is 1.83. The van der Waals surface area contributed by atoms with Gasteiger partial charge in [-0.15, -0.1) is 11.3 Å². The Morgan fingerprint density at radius 2 is 1.79 bits per heavy atom. The number of hydrogen-bond donors (Lipinski definition) is 0. The number of nitro benzene ring substituents is 1. The highest BCUT2D eigenvalue weighted by molar-refractivity contribution is 7.19. The molecular weight excluding hydrogens is 320 g/mol. The van der Waals surface area contributed by atoms with Crippen molar-refractivity contribution in [2.75, 3.05) is 0 Å². The van der Waals surface area contributed by atoms with Crippen LogP contribution in [0.2, 0.25) is 0 Å². The van der Waals surface area contributed by atoms with Gasteiger partial charge in [-0.05, 0) is 28.7 Å². The molecule has 0 aliphatic heterocycles. The van der Waals surface area contributed by atoms with Crippen molar-refractivity contribution in [1.29, 1.82) is 0 Å². The summed E-state index contributed by atoms with van der Waals surface area (Å²) in [6.45, 7) is 6.58. The lowest BCUT2D eigenvalue weighted by Crippen LogP contribution is -2.10. The van der Waals surface area contributed by atoms with E-state index in [-0.39, 0.29) is 11.1 Å². The largest absolute Gasteiger partial charge is 0.271 e. The minimum absolute atomic E-state index is 0.0705. The van der Waals surface area contributed by atoms with Crippen LogP contribution in [0.5, 0.6) is 0 Å². The third kappa shape index (κ3) is 3.51. The zero-order chi connectivity index (χ0) is 17.3. The number of non-ortho nitro benzene ring substituents is 1. The van der Waals surface area contributed by atoms with Crippen molar-refractivity contribution in [2.45, 2.75) is 26.2 Å². The third-order valence-electron chi connectivity index (χ3n) is 3.79. The summed E-state index contributed by atoms with van der Waals surface area (Å²) in [6.07, 6.45) is 3.96. The van der Waals surface area contributed by atoms with E-state index in [9.17, 15) is 10.1 Å². The van der Waals surface area contributed by atoms with Gasteiger partial charge in [0.05, 0.1) is 15.1 Å². The topological polar surface area (TPSA) is 56.0 Å². The maximum atomic E-state index is 10.8. The summed E-state index contributed by atoms with van der Waals surface area (Å²) in [7, 11) is 0. The molecule has 1 aromatic heterocycles. The number of rotatable bonds is 3. The van der Waals surface area contributed by atoms with Gasteiger partial charge in [-0.2, -0.15) is 0 Å². The Kier molecular flexibility index (Phi) is 4.20. The number of thiazole rings is 1. The van der Waals surface area contributed by atoms with E-state index in [1.165, 1.54) is 29.0 Å². The Labute approximate surface area is 144 Å². The quantitative estimate of drug-likeness (QED) is 0.456. The van der Waals surface area contributed by atoms with E-state index < -0.39 is 4.92 Å². The predicted molar refractivity (Wildman–Crippen MR) is 100 cm³/mol. The maximum absolute atomic E-state index is 10.8. The fraction of sp³-hybridized carbons (Fsp3) is 0.211. The second-order valence-electron chi connectivity index (χ2n) is 6.67. The lowest BCUT2D eigenvalue weighted by molar-refractivity contribution is -0.384. The molecule has 0 saturated carbocycles. The molecular formula is C19H18N2O2S. The Hall–Kier alpha value is -2.53. The molecule has 0 radical (unpaired) electrons. The molecule has 3 rings (SSSR count). The predicted octanol–water partition coefficient (Wildman–Crippen LogP) is 5.67. The molecule has 0 bridgehead atoms. The van der Waals surface area contributed by atoms with Gasteiger partial charge < -0.3 is 0 Å². The molecule has 0 N–H and O–H groups in total. The molecule has 0 atom stereocenters. The molecule has 0 saturated heterocycles. The van der Waals surface area contributed by atoms with Crippen molar-refractivity contribution in [3.05, 3.63) is 68.7 Å². The van der Waals surface area contributed by atoms with Crippen molar-refractivity contribution in [3.63, 3.8) is 0 Å². The van der Waals surface area contributed by atoms with Gasteiger partial charge in [0, 0.05) is 12.1 Å². The lowest BCUT2D eigenvalue weighted by Gasteiger charge is -2.18. The highest BCUT2D eigenvalue weighted by Crippen LogP contribution is 2.27. The van der Waals surface area contributed by atoms with Crippen LogP contribution in [0.1, 0.15) is 36.9 Å². The Morgan fingerprint density at radius 3 is 2.42 bits per heavy atom. The summed E-state index contributed by atoms with van der Waals surface area (Å²) in [6, 6.07) is 13.2. The lowest BCUT2D eigenvalue weighted by atomic mass is 9.87. The molecule has 0 aliphatic rings. The van der Waals surface area contributed by atoms with Crippen molar-refractivity contribution in [3.8, 4) is 0 Å². The number of benzene rings is 2. The first kappa shape index (κ1) is 16.3. The van der Waals surface area contributed by atoms with Crippen LogP contribution in [0.15, 0.2) is 42.5 Å².